The number of aliphatic hydroxyl groups excluding tert-OH is 1. The molecular formula is C16H20N4O2. The number of carbonyl (C=O) groups is 1. The zero-order valence-electron chi connectivity index (χ0n) is 12.3. The molecule has 6 nitrogen and oxygen atoms in total. The van der Waals surface area contributed by atoms with Gasteiger partial charge in [0.05, 0.1) is 25.3 Å². The molecule has 0 saturated heterocycles. The first-order valence-electron chi connectivity index (χ1n) is 7.47. The van der Waals surface area contributed by atoms with Gasteiger partial charge in [0, 0.05) is 25.1 Å². The number of nitrogens with zero attached hydrogens (tertiary/aromatic N) is 2. The Labute approximate surface area is 129 Å². The van der Waals surface area contributed by atoms with Gasteiger partial charge in [-0.25, -0.2) is 4.68 Å². The van der Waals surface area contributed by atoms with Crippen LogP contribution in [0.15, 0.2) is 42.6 Å². The lowest BCUT2D eigenvalue weighted by molar-refractivity contribution is -0.125. The monoisotopic (exact) mass is 300 g/mol. The Balaban J connectivity index is 1.56. The fourth-order valence-corrected chi connectivity index (χ4v) is 2.69. The molecule has 116 valence electrons. The molecule has 1 aromatic carbocycles. The summed E-state index contributed by atoms with van der Waals surface area (Å²) in [4.78, 5) is 12.3. The van der Waals surface area contributed by atoms with Crippen LogP contribution in [0.1, 0.15) is 11.5 Å². The molecule has 1 amide bonds. The first-order valence-corrected chi connectivity index (χ1v) is 7.47. The summed E-state index contributed by atoms with van der Waals surface area (Å²) in [5.41, 5.74) is 1.03. The zero-order chi connectivity index (χ0) is 15.4. The number of carbonyl (C=O) groups excluding carboxylic acids is 1. The van der Waals surface area contributed by atoms with E-state index in [1.165, 1.54) is 0 Å². The van der Waals surface area contributed by atoms with Gasteiger partial charge in [0.2, 0.25) is 5.91 Å². The molecule has 1 aliphatic heterocycles. The van der Waals surface area contributed by atoms with Crippen molar-refractivity contribution in [3.8, 4) is 0 Å². The lowest BCUT2D eigenvalue weighted by Gasteiger charge is -2.25. The molecule has 0 fully saturated rings. The van der Waals surface area contributed by atoms with Crippen LogP contribution in [0.25, 0.3) is 0 Å². The standard InChI is InChI=1S/C16H20N4O2/c21-11-14(12-4-2-1-3-5-12)9-18-16(22)13-8-17-15-6-7-19-20(15)10-13/h1-7,13-14,17,21H,8-11H2,(H,18,22). The lowest BCUT2D eigenvalue weighted by Crippen LogP contribution is -2.41. The van der Waals surface area contributed by atoms with Crippen molar-refractivity contribution in [2.24, 2.45) is 5.92 Å². The highest BCUT2D eigenvalue weighted by Gasteiger charge is 2.25. The van der Waals surface area contributed by atoms with Crippen molar-refractivity contribution in [3.05, 3.63) is 48.2 Å². The largest absolute Gasteiger partial charge is 0.396 e. The van der Waals surface area contributed by atoms with Gasteiger partial charge in [-0.15, -0.1) is 0 Å². The first kappa shape index (κ1) is 14.6. The average molecular weight is 300 g/mol. The van der Waals surface area contributed by atoms with Gasteiger partial charge < -0.3 is 15.7 Å². The third-order valence-electron chi connectivity index (χ3n) is 4.02. The third-order valence-corrected chi connectivity index (χ3v) is 4.02. The molecule has 2 atom stereocenters. The Morgan fingerprint density at radius 1 is 1.41 bits per heavy atom. The molecule has 0 bridgehead atoms. The summed E-state index contributed by atoms with van der Waals surface area (Å²) in [6, 6.07) is 11.6. The topological polar surface area (TPSA) is 79.2 Å². The molecule has 3 rings (SSSR count). The maximum atomic E-state index is 12.3. The quantitative estimate of drug-likeness (QED) is 0.764. The second-order valence-corrected chi connectivity index (χ2v) is 5.51. The summed E-state index contributed by atoms with van der Waals surface area (Å²) in [6.07, 6.45) is 1.72. The van der Waals surface area contributed by atoms with E-state index in [-0.39, 0.29) is 24.3 Å². The van der Waals surface area contributed by atoms with Gasteiger partial charge in [0.15, 0.2) is 0 Å². The minimum absolute atomic E-state index is 0.0104. The van der Waals surface area contributed by atoms with Gasteiger partial charge in [0.25, 0.3) is 0 Å². The zero-order valence-corrected chi connectivity index (χ0v) is 12.3. The summed E-state index contributed by atoms with van der Waals surface area (Å²) in [6.45, 7) is 1.63. The Kier molecular flexibility index (Phi) is 4.39. The van der Waals surface area contributed by atoms with Crippen LogP contribution in [-0.2, 0) is 11.3 Å². The average Bonchev–Trinajstić information content (AvgIpc) is 3.03. The van der Waals surface area contributed by atoms with Crippen molar-refractivity contribution in [2.45, 2.75) is 12.5 Å². The van der Waals surface area contributed by atoms with Gasteiger partial charge in [-0.05, 0) is 5.56 Å². The molecule has 1 aliphatic rings. The third kappa shape index (κ3) is 3.12. The van der Waals surface area contributed by atoms with Crippen molar-refractivity contribution in [1.82, 2.24) is 15.1 Å². The molecular weight excluding hydrogens is 280 g/mol. The van der Waals surface area contributed by atoms with Crippen LogP contribution < -0.4 is 10.6 Å². The van der Waals surface area contributed by atoms with E-state index in [0.717, 1.165) is 11.4 Å². The number of anilines is 1. The number of rotatable bonds is 5. The number of aliphatic hydroxyl groups is 1. The normalized spacial score (nSPS) is 18.1. The van der Waals surface area contributed by atoms with Gasteiger partial charge >= 0.3 is 0 Å². The van der Waals surface area contributed by atoms with Gasteiger partial charge in [-0.3, -0.25) is 4.79 Å². The second kappa shape index (κ2) is 6.62. The Morgan fingerprint density at radius 3 is 3.00 bits per heavy atom. The van der Waals surface area contributed by atoms with E-state index in [2.05, 4.69) is 15.7 Å². The molecule has 6 heteroatoms. The van der Waals surface area contributed by atoms with Crippen molar-refractivity contribution in [1.29, 1.82) is 0 Å². The van der Waals surface area contributed by atoms with E-state index in [4.69, 9.17) is 0 Å². The van der Waals surface area contributed by atoms with Gasteiger partial charge in [0.1, 0.15) is 5.82 Å². The van der Waals surface area contributed by atoms with Crippen LogP contribution in [0.5, 0.6) is 0 Å². The number of fused-ring (bicyclic) bond motifs is 1. The highest BCUT2D eigenvalue weighted by molar-refractivity contribution is 5.79. The summed E-state index contributed by atoms with van der Waals surface area (Å²) in [5.74, 6) is 0.703. The van der Waals surface area contributed by atoms with Crippen LogP contribution in [0, 0.1) is 5.92 Å². The molecule has 3 N–H and O–H groups in total. The van der Waals surface area contributed by atoms with Crippen LogP contribution >= 0.6 is 0 Å². The van der Waals surface area contributed by atoms with E-state index >= 15 is 0 Å². The maximum Gasteiger partial charge on any atom is 0.226 e. The number of nitrogens with one attached hydrogen (secondary N) is 2. The van der Waals surface area contributed by atoms with Crippen molar-refractivity contribution < 1.29 is 9.90 Å². The van der Waals surface area contributed by atoms with E-state index in [9.17, 15) is 9.90 Å². The van der Waals surface area contributed by atoms with Crippen LogP contribution in [0.3, 0.4) is 0 Å². The number of amides is 1. The molecule has 0 spiro atoms. The first-order chi connectivity index (χ1) is 10.8. The molecule has 0 radical (unpaired) electrons. The van der Waals surface area contributed by atoms with Crippen molar-refractivity contribution in [2.75, 3.05) is 25.0 Å². The number of hydrogen-bond donors (Lipinski definition) is 3. The SMILES string of the molecule is O=C(NCC(CO)c1ccccc1)C1CNc2ccnn2C1. The summed E-state index contributed by atoms with van der Waals surface area (Å²) >= 11 is 0. The Bertz CT molecular complexity index is 626. The predicted molar refractivity (Wildman–Crippen MR) is 83.5 cm³/mol. The number of benzene rings is 1. The fourth-order valence-electron chi connectivity index (χ4n) is 2.69. The highest BCUT2D eigenvalue weighted by Crippen LogP contribution is 2.17. The maximum absolute atomic E-state index is 12.3. The van der Waals surface area contributed by atoms with Gasteiger partial charge in [-0.2, -0.15) is 5.10 Å². The minimum atomic E-state index is -0.150. The van der Waals surface area contributed by atoms with E-state index < -0.39 is 0 Å². The van der Waals surface area contributed by atoms with E-state index in [1.807, 2.05) is 36.4 Å². The van der Waals surface area contributed by atoms with Crippen molar-refractivity contribution in [3.63, 3.8) is 0 Å². The molecule has 2 aromatic rings. The van der Waals surface area contributed by atoms with Crippen LogP contribution in [0.2, 0.25) is 0 Å². The van der Waals surface area contributed by atoms with Crippen LogP contribution in [-0.4, -0.2) is 40.5 Å². The number of hydrogen-bond acceptors (Lipinski definition) is 4. The summed E-state index contributed by atoms with van der Waals surface area (Å²) in [7, 11) is 0. The molecule has 0 aliphatic carbocycles. The molecule has 1 aromatic heterocycles. The molecule has 0 saturated carbocycles. The fraction of sp³-hybridized carbons (Fsp3) is 0.375. The summed E-state index contributed by atoms with van der Waals surface area (Å²) < 4.78 is 1.80. The van der Waals surface area contributed by atoms with Crippen molar-refractivity contribution >= 4 is 11.7 Å². The predicted octanol–water partition coefficient (Wildman–Crippen LogP) is 0.817. The molecule has 2 heterocycles. The summed E-state index contributed by atoms with van der Waals surface area (Å²) in [5, 5.41) is 19.9. The second-order valence-electron chi connectivity index (χ2n) is 5.51. The Morgan fingerprint density at radius 2 is 2.23 bits per heavy atom. The number of aromatic nitrogens is 2. The smallest absolute Gasteiger partial charge is 0.226 e. The molecule has 2 unspecified atom stereocenters. The Hall–Kier alpha value is -2.34. The van der Waals surface area contributed by atoms with Crippen LogP contribution in [0.4, 0.5) is 5.82 Å². The molecule has 22 heavy (non-hydrogen) atoms. The van der Waals surface area contributed by atoms with E-state index in [0.29, 0.717) is 19.6 Å². The minimum Gasteiger partial charge on any atom is -0.396 e. The lowest BCUT2D eigenvalue weighted by atomic mass is 9.99. The van der Waals surface area contributed by atoms with Gasteiger partial charge in [-0.1, -0.05) is 30.3 Å². The van der Waals surface area contributed by atoms with E-state index in [1.54, 1.807) is 10.9 Å². The highest BCUT2D eigenvalue weighted by atomic mass is 16.3.